The molecule has 0 unspecified atom stereocenters. The summed E-state index contributed by atoms with van der Waals surface area (Å²) in [7, 11) is 0. The molecule has 0 spiro atoms. The van der Waals surface area contributed by atoms with Gasteiger partial charge >= 0.3 is 0 Å². The van der Waals surface area contributed by atoms with Gasteiger partial charge in [0.25, 0.3) is 0 Å². The van der Waals surface area contributed by atoms with Gasteiger partial charge in [-0.15, -0.1) is 0 Å². The van der Waals surface area contributed by atoms with E-state index in [-0.39, 0.29) is 0 Å². The summed E-state index contributed by atoms with van der Waals surface area (Å²) in [6.07, 6.45) is 0. The Labute approximate surface area is 188 Å². The van der Waals surface area contributed by atoms with Crippen LogP contribution in [0, 0.1) is 0 Å². The van der Waals surface area contributed by atoms with Crippen LogP contribution in [-0.2, 0) is 0 Å². The summed E-state index contributed by atoms with van der Waals surface area (Å²) in [4.78, 5) is 0. The number of benzene rings is 6. The minimum Gasteiger partial charge on any atom is -0.0622 e. The molecule has 0 fully saturated rings. The van der Waals surface area contributed by atoms with Crippen LogP contribution in [0.4, 0.5) is 0 Å². The predicted molar refractivity (Wildman–Crippen MR) is 138 cm³/mol. The third kappa shape index (κ3) is 3.09. The molecule has 0 aromatic heterocycles. The Morgan fingerprint density at radius 2 is 0.719 bits per heavy atom. The molecule has 0 N–H and O–H groups in total. The maximum atomic E-state index is 2.34. The van der Waals surface area contributed by atoms with E-state index >= 15 is 0 Å². The summed E-state index contributed by atoms with van der Waals surface area (Å²) in [5.41, 5.74) is 7.57. The SMILES string of the molecule is c1ccc(-c2cccc3cc4cccc(-c5ccccc5)c4c(-c4ccccc4)c23)cc1. The van der Waals surface area contributed by atoms with E-state index in [0.29, 0.717) is 0 Å². The number of hydrogen-bond acceptors (Lipinski definition) is 0. The molecule has 0 aliphatic carbocycles. The molecule has 0 saturated heterocycles. The summed E-state index contributed by atoms with van der Waals surface area (Å²) in [5.74, 6) is 0. The zero-order valence-electron chi connectivity index (χ0n) is 17.7. The van der Waals surface area contributed by atoms with Crippen LogP contribution >= 0.6 is 0 Å². The van der Waals surface area contributed by atoms with Crippen LogP contribution in [0.25, 0.3) is 54.9 Å². The molecular weight excluding hydrogens is 384 g/mol. The molecule has 0 bridgehead atoms. The molecular formula is C32H22. The van der Waals surface area contributed by atoms with Crippen molar-refractivity contribution >= 4 is 21.5 Å². The van der Waals surface area contributed by atoms with Crippen LogP contribution in [-0.4, -0.2) is 0 Å². The highest BCUT2D eigenvalue weighted by atomic mass is 14.2. The average molecular weight is 407 g/mol. The molecule has 0 radical (unpaired) electrons. The molecule has 0 aliphatic heterocycles. The van der Waals surface area contributed by atoms with Crippen molar-refractivity contribution in [2.75, 3.05) is 0 Å². The first-order chi connectivity index (χ1) is 15.9. The van der Waals surface area contributed by atoms with Crippen molar-refractivity contribution in [1.82, 2.24) is 0 Å². The van der Waals surface area contributed by atoms with Crippen molar-refractivity contribution in [1.29, 1.82) is 0 Å². The molecule has 32 heavy (non-hydrogen) atoms. The largest absolute Gasteiger partial charge is 0.0622 e. The van der Waals surface area contributed by atoms with E-state index in [4.69, 9.17) is 0 Å². The molecule has 6 aromatic rings. The second kappa shape index (κ2) is 7.83. The highest BCUT2D eigenvalue weighted by Gasteiger charge is 2.17. The van der Waals surface area contributed by atoms with Crippen molar-refractivity contribution in [3.8, 4) is 33.4 Å². The summed E-state index contributed by atoms with van der Waals surface area (Å²) in [6, 6.07) is 47.9. The van der Waals surface area contributed by atoms with E-state index < -0.39 is 0 Å². The van der Waals surface area contributed by atoms with Crippen LogP contribution in [0.2, 0.25) is 0 Å². The van der Waals surface area contributed by atoms with Crippen LogP contribution in [0.5, 0.6) is 0 Å². The Bertz CT molecular complexity index is 1430. The van der Waals surface area contributed by atoms with Gasteiger partial charge < -0.3 is 0 Å². The first-order valence-electron chi connectivity index (χ1n) is 11.0. The van der Waals surface area contributed by atoms with Crippen molar-refractivity contribution in [2.24, 2.45) is 0 Å². The van der Waals surface area contributed by atoms with Gasteiger partial charge in [0, 0.05) is 0 Å². The molecule has 0 nitrogen and oxygen atoms in total. The van der Waals surface area contributed by atoms with Crippen molar-refractivity contribution in [3.05, 3.63) is 133 Å². The van der Waals surface area contributed by atoms with Gasteiger partial charge in [-0.3, -0.25) is 0 Å². The van der Waals surface area contributed by atoms with E-state index in [0.717, 1.165) is 0 Å². The van der Waals surface area contributed by atoms with Gasteiger partial charge in [-0.05, 0) is 61.0 Å². The Hall–Kier alpha value is -4.16. The first kappa shape index (κ1) is 18.6. The Morgan fingerprint density at radius 1 is 0.312 bits per heavy atom. The van der Waals surface area contributed by atoms with Crippen LogP contribution in [0.3, 0.4) is 0 Å². The molecule has 6 aromatic carbocycles. The molecule has 0 saturated carbocycles. The smallest absolute Gasteiger partial charge is 0.00143 e. The molecule has 0 amide bonds. The number of hydrogen-bond donors (Lipinski definition) is 0. The number of fused-ring (bicyclic) bond motifs is 2. The summed E-state index contributed by atoms with van der Waals surface area (Å²) in [5, 5.41) is 5.15. The lowest BCUT2D eigenvalue weighted by Crippen LogP contribution is -1.91. The second-order valence-corrected chi connectivity index (χ2v) is 8.16. The topological polar surface area (TPSA) is 0 Å². The van der Waals surface area contributed by atoms with Gasteiger partial charge in [0.1, 0.15) is 0 Å². The quantitative estimate of drug-likeness (QED) is 0.257. The van der Waals surface area contributed by atoms with Crippen LogP contribution in [0.15, 0.2) is 133 Å². The van der Waals surface area contributed by atoms with Gasteiger partial charge in [0.15, 0.2) is 0 Å². The van der Waals surface area contributed by atoms with E-state index in [1.54, 1.807) is 0 Å². The zero-order valence-corrected chi connectivity index (χ0v) is 17.7. The van der Waals surface area contributed by atoms with Crippen LogP contribution < -0.4 is 0 Å². The lowest BCUT2D eigenvalue weighted by molar-refractivity contribution is 1.63. The van der Waals surface area contributed by atoms with E-state index in [1.165, 1.54) is 54.9 Å². The molecule has 6 rings (SSSR count). The lowest BCUT2D eigenvalue weighted by Gasteiger charge is -2.18. The molecule has 0 heteroatoms. The lowest BCUT2D eigenvalue weighted by atomic mass is 9.85. The third-order valence-corrected chi connectivity index (χ3v) is 6.24. The fourth-order valence-electron chi connectivity index (χ4n) is 4.84. The molecule has 0 heterocycles. The average Bonchev–Trinajstić information content (AvgIpc) is 2.88. The van der Waals surface area contributed by atoms with Crippen molar-refractivity contribution < 1.29 is 0 Å². The van der Waals surface area contributed by atoms with Gasteiger partial charge in [-0.2, -0.15) is 0 Å². The minimum atomic E-state index is 1.24. The third-order valence-electron chi connectivity index (χ3n) is 6.24. The second-order valence-electron chi connectivity index (χ2n) is 8.16. The Kier molecular flexibility index (Phi) is 4.55. The van der Waals surface area contributed by atoms with Crippen molar-refractivity contribution in [2.45, 2.75) is 0 Å². The summed E-state index contributed by atoms with van der Waals surface area (Å²) < 4.78 is 0. The van der Waals surface area contributed by atoms with Gasteiger partial charge in [0.05, 0.1) is 0 Å². The van der Waals surface area contributed by atoms with E-state index in [2.05, 4.69) is 133 Å². The zero-order chi connectivity index (χ0) is 21.3. The Balaban J connectivity index is 1.84. The maximum Gasteiger partial charge on any atom is -0.00143 e. The molecule has 0 aliphatic rings. The molecule has 150 valence electrons. The van der Waals surface area contributed by atoms with E-state index in [9.17, 15) is 0 Å². The number of rotatable bonds is 3. The fourth-order valence-corrected chi connectivity index (χ4v) is 4.84. The van der Waals surface area contributed by atoms with Gasteiger partial charge in [0.2, 0.25) is 0 Å². The fraction of sp³-hybridized carbons (Fsp3) is 0. The molecule has 0 atom stereocenters. The highest BCUT2D eigenvalue weighted by Crippen LogP contribution is 2.44. The standard InChI is InChI=1S/C32H22/c1-4-12-23(13-5-1)28-20-10-18-26-22-27-19-11-21-29(24-14-6-2-7-15-24)31(27)32(30(26)28)25-16-8-3-9-17-25/h1-22H. The summed E-state index contributed by atoms with van der Waals surface area (Å²) in [6.45, 7) is 0. The van der Waals surface area contributed by atoms with Gasteiger partial charge in [-0.25, -0.2) is 0 Å². The monoisotopic (exact) mass is 406 g/mol. The maximum absolute atomic E-state index is 2.34. The minimum absolute atomic E-state index is 1.24. The van der Waals surface area contributed by atoms with Crippen LogP contribution in [0.1, 0.15) is 0 Å². The van der Waals surface area contributed by atoms with Crippen molar-refractivity contribution in [3.63, 3.8) is 0 Å². The Morgan fingerprint density at radius 3 is 1.16 bits per heavy atom. The highest BCUT2D eigenvalue weighted by molar-refractivity contribution is 6.20. The van der Waals surface area contributed by atoms with E-state index in [1.807, 2.05) is 0 Å². The van der Waals surface area contributed by atoms with Gasteiger partial charge in [-0.1, -0.05) is 127 Å². The predicted octanol–water partition coefficient (Wildman–Crippen LogP) is 8.99. The normalized spacial score (nSPS) is 11.1. The summed E-state index contributed by atoms with van der Waals surface area (Å²) >= 11 is 0. The first-order valence-corrected chi connectivity index (χ1v) is 11.0.